The third-order valence-electron chi connectivity index (χ3n) is 4.22. The van der Waals surface area contributed by atoms with Crippen molar-refractivity contribution < 1.29 is 24.8 Å². The predicted octanol–water partition coefficient (Wildman–Crippen LogP) is 0.884. The molecule has 0 spiro atoms. The molecule has 28 heavy (non-hydrogen) atoms. The Bertz CT molecular complexity index is 901. The Hall–Kier alpha value is -2.98. The first-order valence-electron chi connectivity index (χ1n) is 8.27. The molecule has 2 aromatic carbocycles. The van der Waals surface area contributed by atoms with E-state index in [2.05, 4.69) is 10.7 Å². The number of hydrazine groups is 1. The molecule has 3 rings (SSSR count). The molecule has 10 heteroatoms. The number of hydrogen-bond acceptors (Lipinski definition) is 5. The van der Waals surface area contributed by atoms with Crippen LogP contribution in [0.4, 0.5) is 11.4 Å². The van der Waals surface area contributed by atoms with Crippen molar-refractivity contribution in [2.75, 3.05) is 5.32 Å². The molecule has 3 atom stereocenters. The fourth-order valence-corrected chi connectivity index (χ4v) is 3.16. The lowest BCUT2D eigenvalue weighted by Gasteiger charge is -2.43. The lowest BCUT2D eigenvalue weighted by molar-refractivity contribution is -0.991. The smallest absolute Gasteiger partial charge is 0.269 e. The first-order chi connectivity index (χ1) is 13.3. The average molecular weight is 405 g/mol. The highest BCUT2D eigenvalue weighted by atomic mass is 35.5. The molecule has 0 aliphatic carbocycles. The van der Waals surface area contributed by atoms with E-state index in [1.54, 1.807) is 24.3 Å². The minimum atomic E-state index is -1.06. The van der Waals surface area contributed by atoms with Crippen molar-refractivity contribution in [1.29, 1.82) is 0 Å². The molecular weight excluding hydrogens is 388 g/mol. The van der Waals surface area contributed by atoms with E-state index in [0.29, 0.717) is 16.8 Å². The van der Waals surface area contributed by atoms with Gasteiger partial charge in [-0.2, -0.15) is 5.23 Å². The summed E-state index contributed by atoms with van der Waals surface area (Å²) in [5.74, 6) is -1.20. The Morgan fingerprint density at radius 1 is 1.14 bits per heavy atom. The molecule has 9 nitrogen and oxygen atoms in total. The standard InChI is InChI=1S/C18H17ClN4O5/c1-10(24)20-13-6-2-12(3-7-13)17(25)21-22-16(15(19)18(22)26)11-4-8-14(9-5-11)23(27)28/h2-9,15-16,23,27H,1H3,(H,20,24)(H,21,25). The van der Waals surface area contributed by atoms with Crippen LogP contribution >= 0.6 is 11.6 Å². The number of quaternary nitrogens is 1. The Labute approximate surface area is 165 Å². The SMILES string of the molecule is CC(=O)Nc1ccc(C(=O)NN2C(=O)C(Cl)C2c2ccc([NH+]([O-])O)cc2)cc1. The first-order valence-corrected chi connectivity index (χ1v) is 8.70. The molecule has 1 saturated heterocycles. The average Bonchev–Trinajstić information content (AvgIpc) is 2.67. The van der Waals surface area contributed by atoms with Crippen LogP contribution in [-0.4, -0.2) is 33.3 Å². The van der Waals surface area contributed by atoms with Crippen LogP contribution in [-0.2, 0) is 9.59 Å². The zero-order valence-corrected chi connectivity index (χ0v) is 15.4. The van der Waals surface area contributed by atoms with Crippen LogP contribution in [0.1, 0.15) is 28.9 Å². The maximum absolute atomic E-state index is 12.4. The van der Waals surface area contributed by atoms with Gasteiger partial charge in [-0.25, -0.2) is 10.2 Å². The normalized spacial score (nSPS) is 19.6. The van der Waals surface area contributed by atoms with Crippen LogP contribution in [0.5, 0.6) is 0 Å². The lowest BCUT2D eigenvalue weighted by atomic mass is 9.95. The van der Waals surface area contributed by atoms with Crippen molar-refractivity contribution in [2.24, 2.45) is 0 Å². The van der Waals surface area contributed by atoms with Crippen LogP contribution < -0.4 is 16.0 Å². The molecule has 1 aliphatic heterocycles. The Morgan fingerprint density at radius 2 is 1.75 bits per heavy atom. The molecule has 0 aromatic heterocycles. The van der Waals surface area contributed by atoms with Crippen LogP contribution in [0.2, 0.25) is 0 Å². The molecular formula is C18H17ClN4O5. The number of nitrogens with one attached hydrogen (secondary N) is 3. The van der Waals surface area contributed by atoms with Crippen molar-refractivity contribution in [3.8, 4) is 0 Å². The Morgan fingerprint density at radius 3 is 2.29 bits per heavy atom. The van der Waals surface area contributed by atoms with E-state index >= 15 is 0 Å². The highest BCUT2D eigenvalue weighted by Crippen LogP contribution is 2.37. The van der Waals surface area contributed by atoms with Gasteiger partial charge >= 0.3 is 0 Å². The summed E-state index contributed by atoms with van der Waals surface area (Å²) in [6, 6.07) is 11.5. The maximum Gasteiger partial charge on any atom is 0.269 e. The number of benzene rings is 2. The predicted molar refractivity (Wildman–Crippen MR) is 99.7 cm³/mol. The molecule has 0 saturated carbocycles. The lowest BCUT2D eigenvalue weighted by Crippen LogP contribution is -2.99. The number of β-lactam (4-membered cyclic amide) rings is 1. The zero-order valence-electron chi connectivity index (χ0n) is 14.7. The number of anilines is 1. The quantitative estimate of drug-likeness (QED) is 0.334. The molecule has 0 bridgehead atoms. The molecule has 146 valence electrons. The van der Waals surface area contributed by atoms with Crippen LogP contribution in [0.25, 0.3) is 0 Å². The van der Waals surface area contributed by atoms with Gasteiger partial charge in [0, 0.05) is 30.3 Å². The van der Waals surface area contributed by atoms with Crippen molar-refractivity contribution in [1.82, 2.24) is 10.4 Å². The molecule has 4 N–H and O–H groups in total. The summed E-state index contributed by atoms with van der Waals surface area (Å²) in [4.78, 5) is 35.6. The third-order valence-corrected chi connectivity index (χ3v) is 4.64. The van der Waals surface area contributed by atoms with Crippen molar-refractivity contribution >= 4 is 40.7 Å². The first kappa shape index (κ1) is 19.8. The number of nitrogens with zero attached hydrogens (tertiary/aromatic N) is 1. The highest BCUT2D eigenvalue weighted by molar-refractivity contribution is 6.33. The molecule has 1 heterocycles. The van der Waals surface area contributed by atoms with Crippen molar-refractivity contribution in [2.45, 2.75) is 18.3 Å². The van der Waals surface area contributed by atoms with Crippen molar-refractivity contribution in [3.63, 3.8) is 0 Å². The Kier molecular flexibility index (Phi) is 5.61. The summed E-state index contributed by atoms with van der Waals surface area (Å²) in [5.41, 5.74) is 4.06. The van der Waals surface area contributed by atoms with Gasteiger partial charge in [-0.3, -0.25) is 19.8 Å². The largest absolute Gasteiger partial charge is 0.595 e. The van der Waals surface area contributed by atoms with Gasteiger partial charge in [0.1, 0.15) is 11.4 Å². The number of carbonyl (C=O) groups excluding carboxylic acids is 3. The number of hydrogen-bond donors (Lipinski definition) is 4. The minimum Gasteiger partial charge on any atom is -0.595 e. The van der Waals surface area contributed by atoms with Crippen LogP contribution in [0.15, 0.2) is 48.5 Å². The van der Waals surface area contributed by atoms with E-state index in [1.807, 2.05) is 0 Å². The fraction of sp³-hybridized carbons (Fsp3) is 0.167. The zero-order chi connectivity index (χ0) is 20.4. The molecule has 2 aromatic rings. The molecule has 1 aliphatic rings. The van der Waals surface area contributed by atoms with Gasteiger partial charge in [-0.15, -0.1) is 11.6 Å². The van der Waals surface area contributed by atoms with E-state index in [4.69, 9.17) is 16.8 Å². The topological polar surface area (TPSA) is 126 Å². The summed E-state index contributed by atoms with van der Waals surface area (Å²) in [6.07, 6.45) is 0. The van der Waals surface area contributed by atoms with E-state index in [-0.39, 0.29) is 11.6 Å². The van der Waals surface area contributed by atoms with Gasteiger partial charge in [-0.05, 0) is 29.8 Å². The monoisotopic (exact) mass is 404 g/mol. The van der Waals surface area contributed by atoms with Gasteiger partial charge in [0.05, 0.1) is 0 Å². The second-order valence-electron chi connectivity index (χ2n) is 6.18. The summed E-state index contributed by atoms with van der Waals surface area (Å²) in [6.45, 7) is 1.38. The van der Waals surface area contributed by atoms with E-state index < -0.39 is 28.5 Å². The maximum atomic E-state index is 12.4. The third kappa shape index (κ3) is 3.97. The molecule has 1 fully saturated rings. The Balaban J connectivity index is 1.72. The van der Waals surface area contributed by atoms with E-state index in [1.165, 1.54) is 31.2 Å². The van der Waals surface area contributed by atoms with E-state index in [9.17, 15) is 19.6 Å². The molecule has 0 radical (unpaired) electrons. The summed E-state index contributed by atoms with van der Waals surface area (Å²) in [7, 11) is 0. The van der Waals surface area contributed by atoms with Crippen LogP contribution in [0, 0.1) is 5.21 Å². The summed E-state index contributed by atoms with van der Waals surface area (Å²) in [5, 5.41) is 21.7. The second-order valence-corrected chi connectivity index (χ2v) is 6.65. The number of amides is 3. The van der Waals surface area contributed by atoms with Gasteiger partial charge in [0.15, 0.2) is 5.69 Å². The number of carbonyl (C=O) groups is 3. The number of rotatable bonds is 5. The molecule has 3 unspecified atom stereocenters. The van der Waals surface area contributed by atoms with E-state index in [0.717, 1.165) is 5.01 Å². The molecule has 3 amide bonds. The van der Waals surface area contributed by atoms with Gasteiger partial charge in [-0.1, -0.05) is 12.1 Å². The number of alkyl halides is 1. The highest BCUT2D eigenvalue weighted by Gasteiger charge is 2.48. The second kappa shape index (κ2) is 7.95. The fourth-order valence-electron chi connectivity index (χ4n) is 2.80. The van der Waals surface area contributed by atoms with Gasteiger partial charge in [0.25, 0.3) is 11.8 Å². The van der Waals surface area contributed by atoms with Crippen molar-refractivity contribution in [3.05, 3.63) is 64.9 Å². The van der Waals surface area contributed by atoms with Gasteiger partial charge in [0.2, 0.25) is 5.91 Å². The number of halogens is 1. The van der Waals surface area contributed by atoms with Gasteiger partial charge < -0.3 is 10.5 Å². The summed E-state index contributed by atoms with van der Waals surface area (Å²) < 4.78 is 0. The van der Waals surface area contributed by atoms with Crippen LogP contribution in [0.3, 0.4) is 0 Å². The minimum absolute atomic E-state index is 0.107. The summed E-state index contributed by atoms with van der Waals surface area (Å²) >= 11 is 6.10.